The molecule has 3 N–H and O–H groups in total. The molecule has 13 heavy (non-hydrogen) atoms. The molecule has 0 amide bonds. The Hall–Kier alpha value is -1.84. The van der Waals surface area contributed by atoms with Gasteiger partial charge in [0.25, 0.3) is 0 Å². The SMILES string of the molecule is Cc1ncc(N)cc1C=CC(=O)O. The fraction of sp³-hybridized carbons (Fsp3) is 0.111. The highest BCUT2D eigenvalue weighted by atomic mass is 16.4. The first-order valence-corrected chi connectivity index (χ1v) is 3.72. The van der Waals surface area contributed by atoms with E-state index in [9.17, 15) is 4.79 Å². The number of nitrogens with two attached hydrogens (primary N) is 1. The molecule has 1 aromatic rings. The molecule has 0 bridgehead atoms. The van der Waals surface area contributed by atoms with Crippen molar-refractivity contribution in [3.8, 4) is 0 Å². The number of carbonyl (C=O) groups is 1. The quantitative estimate of drug-likeness (QED) is 0.664. The first kappa shape index (κ1) is 9.25. The number of carboxylic acids is 1. The zero-order valence-corrected chi connectivity index (χ0v) is 7.19. The van der Waals surface area contributed by atoms with Gasteiger partial charge in [0.2, 0.25) is 0 Å². The lowest BCUT2D eigenvalue weighted by molar-refractivity contribution is -0.131. The fourth-order valence-corrected chi connectivity index (χ4v) is 0.897. The number of aromatic nitrogens is 1. The average Bonchev–Trinajstić information content (AvgIpc) is 2.06. The largest absolute Gasteiger partial charge is 0.478 e. The van der Waals surface area contributed by atoms with Crippen LogP contribution in [0, 0.1) is 6.92 Å². The fourth-order valence-electron chi connectivity index (χ4n) is 0.897. The molecule has 4 nitrogen and oxygen atoms in total. The van der Waals surface area contributed by atoms with E-state index in [0.717, 1.165) is 17.3 Å². The number of rotatable bonds is 2. The van der Waals surface area contributed by atoms with Gasteiger partial charge in [-0.05, 0) is 24.6 Å². The molecule has 0 atom stereocenters. The molecule has 0 aromatic carbocycles. The lowest BCUT2D eigenvalue weighted by Crippen LogP contribution is -1.92. The van der Waals surface area contributed by atoms with Crippen LogP contribution in [0.1, 0.15) is 11.3 Å². The van der Waals surface area contributed by atoms with Gasteiger partial charge in [-0.2, -0.15) is 0 Å². The van der Waals surface area contributed by atoms with Crippen LogP contribution in [0.3, 0.4) is 0 Å². The molecule has 0 aliphatic rings. The van der Waals surface area contributed by atoms with Crippen molar-refractivity contribution in [1.29, 1.82) is 0 Å². The van der Waals surface area contributed by atoms with Crippen molar-refractivity contribution in [3.05, 3.63) is 29.6 Å². The van der Waals surface area contributed by atoms with Gasteiger partial charge in [0, 0.05) is 11.8 Å². The summed E-state index contributed by atoms with van der Waals surface area (Å²) in [6.07, 6.45) is 4.07. The third-order valence-corrected chi connectivity index (χ3v) is 1.55. The number of hydrogen-bond donors (Lipinski definition) is 2. The van der Waals surface area contributed by atoms with E-state index in [2.05, 4.69) is 4.98 Å². The number of aliphatic carboxylic acids is 1. The summed E-state index contributed by atoms with van der Waals surface area (Å²) < 4.78 is 0. The van der Waals surface area contributed by atoms with Crippen molar-refractivity contribution < 1.29 is 9.90 Å². The van der Waals surface area contributed by atoms with Crippen LogP contribution in [-0.2, 0) is 4.79 Å². The zero-order chi connectivity index (χ0) is 9.84. The van der Waals surface area contributed by atoms with Crippen LogP contribution < -0.4 is 5.73 Å². The minimum Gasteiger partial charge on any atom is -0.478 e. The highest BCUT2D eigenvalue weighted by Gasteiger charge is 1.96. The molecule has 0 fully saturated rings. The molecular weight excluding hydrogens is 168 g/mol. The van der Waals surface area contributed by atoms with Gasteiger partial charge in [-0.25, -0.2) is 4.79 Å². The number of pyridine rings is 1. The molecule has 0 saturated heterocycles. The second-order valence-electron chi connectivity index (χ2n) is 2.61. The molecule has 1 rings (SSSR count). The van der Waals surface area contributed by atoms with Crippen LogP contribution in [0.25, 0.3) is 6.08 Å². The Balaban J connectivity index is 3.00. The van der Waals surface area contributed by atoms with Crippen molar-refractivity contribution in [2.75, 3.05) is 5.73 Å². The maximum Gasteiger partial charge on any atom is 0.328 e. The molecule has 0 spiro atoms. The molecule has 68 valence electrons. The normalized spacial score (nSPS) is 10.5. The summed E-state index contributed by atoms with van der Waals surface area (Å²) in [6, 6.07) is 1.68. The highest BCUT2D eigenvalue weighted by Crippen LogP contribution is 2.10. The first-order chi connectivity index (χ1) is 6.09. The number of anilines is 1. The minimum atomic E-state index is -0.984. The van der Waals surface area contributed by atoms with Crippen LogP contribution in [-0.4, -0.2) is 16.1 Å². The van der Waals surface area contributed by atoms with Crippen molar-refractivity contribution in [3.63, 3.8) is 0 Å². The molecule has 1 aromatic heterocycles. The average molecular weight is 178 g/mol. The molecule has 0 saturated carbocycles. The summed E-state index contributed by atoms with van der Waals surface area (Å²) >= 11 is 0. The van der Waals surface area contributed by atoms with E-state index in [-0.39, 0.29) is 0 Å². The maximum absolute atomic E-state index is 10.2. The monoisotopic (exact) mass is 178 g/mol. The third-order valence-electron chi connectivity index (χ3n) is 1.55. The molecule has 4 heteroatoms. The van der Waals surface area contributed by atoms with Gasteiger partial charge in [-0.1, -0.05) is 0 Å². The van der Waals surface area contributed by atoms with Gasteiger partial charge in [-0.3, -0.25) is 4.98 Å². The van der Waals surface area contributed by atoms with E-state index >= 15 is 0 Å². The molecule has 0 radical (unpaired) electrons. The molecule has 1 heterocycles. The number of aryl methyl sites for hydroxylation is 1. The standard InChI is InChI=1S/C9H10N2O2/c1-6-7(2-3-9(12)13)4-8(10)5-11-6/h2-5H,10H2,1H3,(H,12,13). The van der Waals surface area contributed by atoms with Crippen LogP contribution in [0.15, 0.2) is 18.3 Å². The van der Waals surface area contributed by atoms with E-state index < -0.39 is 5.97 Å². The van der Waals surface area contributed by atoms with Crippen molar-refractivity contribution in [2.45, 2.75) is 6.92 Å². The molecule has 0 aliphatic carbocycles. The smallest absolute Gasteiger partial charge is 0.328 e. The molecule has 0 unspecified atom stereocenters. The Bertz CT molecular complexity index is 359. The predicted molar refractivity (Wildman–Crippen MR) is 50.1 cm³/mol. The van der Waals surface area contributed by atoms with Gasteiger partial charge < -0.3 is 10.8 Å². The highest BCUT2D eigenvalue weighted by molar-refractivity contribution is 5.85. The van der Waals surface area contributed by atoms with E-state index in [1.54, 1.807) is 13.0 Å². The number of nitrogen functional groups attached to an aromatic ring is 1. The van der Waals surface area contributed by atoms with Crippen LogP contribution in [0.2, 0.25) is 0 Å². The summed E-state index contributed by atoms with van der Waals surface area (Å²) in [4.78, 5) is 14.2. The van der Waals surface area contributed by atoms with Crippen molar-refractivity contribution in [1.82, 2.24) is 4.98 Å². The van der Waals surface area contributed by atoms with E-state index in [0.29, 0.717) is 5.69 Å². The number of hydrogen-bond acceptors (Lipinski definition) is 3. The Morgan fingerprint density at radius 2 is 2.38 bits per heavy atom. The van der Waals surface area contributed by atoms with E-state index in [4.69, 9.17) is 10.8 Å². The summed E-state index contributed by atoms with van der Waals surface area (Å²) in [5.74, 6) is -0.984. The summed E-state index contributed by atoms with van der Waals surface area (Å²) in [6.45, 7) is 1.79. The third kappa shape index (κ3) is 2.59. The Kier molecular flexibility index (Phi) is 2.64. The Labute approximate surface area is 75.7 Å². The predicted octanol–water partition coefficient (Wildman–Crippen LogP) is 1.07. The van der Waals surface area contributed by atoms with Crippen LogP contribution in [0.5, 0.6) is 0 Å². The van der Waals surface area contributed by atoms with Crippen LogP contribution in [0.4, 0.5) is 5.69 Å². The minimum absolute atomic E-state index is 0.524. The van der Waals surface area contributed by atoms with Gasteiger partial charge in [0.1, 0.15) is 0 Å². The number of nitrogens with zero attached hydrogens (tertiary/aromatic N) is 1. The molecular formula is C9H10N2O2. The van der Waals surface area contributed by atoms with Gasteiger partial charge in [-0.15, -0.1) is 0 Å². The maximum atomic E-state index is 10.2. The first-order valence-electron chi connectivity index (χ1n) is 3.72. The van der Waals surface area contributed by atoms with Gasteiger partial charge in [0.15, 0.2) is 0 Å². The topological polar surface area (TPSA) is 76.2 Å². The second kappa shape index (κ2) is 3.71. The Morgan fingerprint density at radius 1 is 1.69 bits per heavy atom. The van der Waals surface area contributed by atoms with Crippen LogP contribution >= 0.6 is 0 Å². The lowest BCUT2D eigenvalue weighted by atomic mass is 10.2. The summed E-state index contributed by atoms with van der Waals surface area (Å²) in [7, 11) is 0. The van der Waals surface area contributed by atoms with E-state index in [1.165, 1.54) is 12.3 Å². The zero-order valence-electron chi connectivity index (χ0n) is 7.19. The summed E-state index contributed by atoms with van der Waals surface area (Å²) in [5.41, 5.74) is 7.49. The van der Waals surface area contributed by atoms with E-state index in [1.807, 2.05) is 0 Å². The van der Waals surface area contributed by atoms with Crippen molar-refractivity contribution >= 4 is 17.7 Å². The van der Waals surface area contributed by atoms with Crippen molar-refractivity contribution in [2.24, 2.45) is 0 Å². The lowest BCUT2D eigenvalue weighted by Gasteiger charge is -1.99. The number of carboxylic acid groups (broad SMARTS) is 1. The van der Waals surface area contributed by atoms with Gasteiger partial charge in [0.05, 0.1) is 11.9 Å². The Morgan fingerprint density at radius 3 is 3.00 bits per heavy atom. The second-order valence-corrected chi connectivity index (χ2v) is 2.61. The summed E-state index contributed by atoms with van der Waals surface area (Å²) in [5, 5.41) is 8.40. The van der Waals surface area contributed by atoms with Gasteiger partial charge >= 0.3 is 5.97 Å². The molecule has 0 aliphatic heterocycles.